The summed E-state index contributed by atoms with van der Waals surface area (Å²) >= 11 is 1.88. The quantitative estimate of drug-likeness (QED) is 0.621. The predicted molar refractivity (Wildman–Crippen MR) is 53.7 cm³/mol. The van der Waals surface area contributed by atoms with Crippen LogP contribution in [0.2, 0.25) is 0 Å². The van der Waals surface area contributed by atoms with Crippen molar-refractivity contribution < 1.29 is 4.79 Å². The van der Waals surface area contributed by atoms with Crippen LogP contribution >= 0.6 is 11.8 Å². The third-order valence-electron chi connectivity index (χ3n) is 2.15. The number of likely N-dealkylation sites (tertiary alicyclic amines) is 1. The molecule has 0 bridgehead atoms. The molecule has 1 rings (SSSR count). The molecule has 0 N–H and O–H groups in total. The molecule has 2 nitrogen and oxygen atoms in total. The summed E-state index contributed by atoms with van der Waals surface area (Å²) in [5.41, 5.74) is 0. The lowest BCUT2D eigenvalue weighted by Crippen LogP contribution is -2.36. The van der Waals surface area contributed by atoms with Crippen LogP contribution in [-0.2, 0) is 4.79 Å². The Morgan fingerprint density at radius 1 is 1.58 bits per heavy atom. The van der Waals surface area contributed by atoms with Gasteiger partial charge in [-0.1, -0.05) is 0 Å². The molecule has 0 atom stereocenters. The van der Waals surface area contributed by atoms with Gasteiger partial charge in [-0.2, -0.15) is 11.8 Å². The van der Waals surface area contributed by atoms with E-state index in [0.717, 1.165) is 25.9 Å². The molecular formula is C9H17NOS. The van der Waals surface area contributed by atoms with Gasteiger partial charge < -0.3 is 0 Å². The van der Waals surface area contributed by atoms with Gasteiger partial charge in [0.1, 0.15) is 5.78 Å². The molecular weight excluding hydrogens is 170 g/mol. The van der Waals surface area contributed by atoms with Gasteiger partial charge >= 0.3 is 0 Å². The van der Waals surface area contributed by atoms with Crippen molar-refractivity contribution in [1.82, 2.24) is 4.90 Å². The number of carbonyl (C=O) groups is 1. The van der Waals surface area contributed by atoms with Crippen molar-refractivity contribution in [3.05, 3.63) is 0 Å². The van der Waals surface area contributed by atoms with Crippen LogP contribution in [-0.4, -0.2) is 42.3 Å². The van der Waals surface area contributed by atoms with E-state index in [1.807, 2.05) is 11.8 Å². The number of Topliss-reactive ketones (excluding diaryl/α,β-unsaturated/α-hetero) is 1. The fourth-order valence-electron chi connectivity index (χ4n) is 1.53. The minimum atomic E-state index is 0.422. The minimum Gasteiger partial charge on any atom is -0.298 e. The van der Waals surface area contributed by atoms with Crippen molar-refractivity contribution in [2.45, 2.75) is 19.3 Å². The Kier molecular flexibility index (Phi) is 4.69. The Bertz CT molecular complexity index is 149. The molecule has 0 aromatic heterocycles. The molecule has 70 valence electrons. The van der Waals surface area contributed by atoms with Crippen molar-refractivity contribution in [3.8, 4) is 0 Å². The number of thioether (sulfide) groups is 1. The maximum absolute atomic E-state index is 11.1. The van der Waals surface area contributed by atoms with Gasteiger partial charge in [0.15, 0.2) is 0 Å². The Labute approximate surface area is 78.7 Å². The highest BCUT2D eigenvalue weighted by Gasteiger charge is 2.15. The van der Waals surface area contributed by atoms with Crippen LogP contribution in [0.3, 0.4) is 0 Å². The summed E-state index contributed by atoms with van der Waals surface area (Å²) < 4.78 is 0. The third kappa shape index (κ3) is 3.59. The van der Waals surface area contributed by atoms with Gasteiger partial charge in [-0.15, -0.1) is 0 Å². The van der Waals surface area contributed by atoms with Crippen LogP contribution in [0.1, 0.15) is 19.3 Å². The first-order chi connectivity index (χ1) is 5.83. The Hall–Kier alpha value is -0.0200. The van der Waals surface area contributed by atoms with Gasteiger partial charge in [0.05, 0.1) is 6.54 Å². The van der Waals surface area contributed by atoms with Gasteiger partial charge in [-0.3, -0.25) is 9.69 Å². The smallest absolute Gasteiger partial charge is 0.146 e. The average molecular weight is 187 g/mol. The lowest BCUT2D eigenvalue weighted by molar-refractivity contribution is -0.122. The molecule has 1 aliphatic heterocycles. The molecule has 1 saturated heterocycles. The van der Waals surface area contributed by atoms with Crippen LogP contribution in [0, 0.1) is 0 Å². The normalized spacial score (nSPS) is 19.9. The Morgan fingerprint density at radius 2 is 2.42 bits per heavy atom. The van der Waals surface area contributed by atoms with Crippen LogP contribution in [0.4, 0.5) is 0 Å². The standard InChI is InChI=1S/C9H17NOS/c1-12-7-3-6-10-5-2-4-9(11)8-10/h2-8H2,1H3. The van der Waals surface area contributed by atoms with E-state index in [9.17, 15) is 4.79 Å². The maximum Gasteiger partial charge on any atom is 0.146 e. The summed E-state index contributed by atoms with van der Waals surface area (Å²) in [6.07, 6.45) is 5.22. The fourth-order valence-corrected chi connectivity index (χ4v) is 1.95. The molecule has 3 heteroatoms. The summed E-state index contributed by atoms with van der Waals surface area (Å²) in [7, 11) is 0. The number of hydrogen-bond acceptors (Lipinski definition) is 3. The maximum atomic E-state index is 11.1. The highest BCUT2D eigenvalue weighted by molar-refractivity contribution is 7.98. The van der Waals surface area contributed by atoms with Gasteiger partial charge in [0.2, 0.25) is 0 Å². The first-order valence-corrected chi connectivity index (χ1v) is 5.95. The molecule has 1 heterocycles. The summed E-state index contributed by atoms with van der Waals surface area (Å²) in [5.74, 6) is 1.63. The summed E-state index contributed by atoms with van der Waals surface area (Å²) in [6, 6.07) is 0. The van der Waals surface area contributed by atoms with Gasteiger partial charge in [-0.25, -0.2) is 0 Å². The second-order valence-electron chi connectivity index (χ2n) is 3.26. The van der Waals surface area contributed by atoms with E-state index in [0.29, 0.717) is 12.3 Å². The fraction of sp³-hybridized carbons (Fsp3) is 0.889. The minimum absolute atomic E-state index is 0.422. The molecule has 0 radical (unpaired) electrons. The van der Waals surface area contributed by atoms with Gasteiger partial charge in [-0.05, 0) is 37.9 Å². The molecule has 0 saturated carbocycles. The number of ketones is 1. The number of nitrogens with zero attached hydrogens (tertiary/aromatic N) is 1. The average Bonchev–Trinajstić information content (AvgIpc) is 2.05. The first kappa shape index (κ1) is 10.1. The third-order valence-corrected chi connectivity index (χ3v) is 2.85. The van der Waals surface area contributed by atoms with Crippen molar-refractivity contribution in [2.75, 3.05) is 31.6 Å². The van der Waals surface area contributed by atoms with E-state index in [-0.39, 0.29) is 0 Å². The second kappa shape index (κ2) is 5.60. The van der Waals surface area contributed by atoms with Gasteiger partial charge in [0.25, 0.3) is 0 Å². The topological polar surface area (TPSA) is 20.3 Å². The molecule has 0 spiro atoms. The van der Waals surface area contributed by atoms with Crippen molar-refractivity contribution >= 4 is 17.5 Å². The van der Waals surface area contributed by atoms with Crippen molar-refractivity contribution in [3.63, 3.8) is 0 Å². The largest absolute Gasteiger partial charge is 0.298 e. The zero-order valence-electron chi connectivity index (χ0n) is 7.71. The van der Waals surface area contributed by atoms with Crippen molar-refractivity contribution in [1.29, 1.82) is 0 Å². The zero-order chi connectivity index (χ0) is 8.81. The van der Waals surface area contributed by atoms with E-state index in [1.54, 1.807) is 0 Å². The SMILES string of the molecule is CSCCCN1CCCC(=O)C1. The summed E-state index contributed by atoms with van der Waals surface area (Å²) in [5, 5.41) is 0. The molecule has 0 aromatic carbocycles. The second-order valence-corrected chi connectivity index (χ2v) is 4.25. The number of piperidine rings is 1. The van der Waals surface area contributed by atoms with E-state index in [2.05, 4.69) is 11.2 Å². The van der Waals surface area contributed by atoms with Crippen LogP contribution in [0.25, 0.3) is 0 Å². The van der Waals surface area contributed by atoms with E-state index >= 15 is 0 Å². The van der Waals surface area contributed by atoms with Gasteiger partial charge in [0, 0.05) is 6.42 Å². The highest BCUT2D eigenvalue weighted by atomic mass is 32.2. The molecule has 0 amide bonds. The lowest BCUT2D eigenvalue weighted by atomic mass is 10.1. The molecule has 1 aliphatic rings. The zero-order valence-corrected chi connectivity index (χ0v) is 8.53. The molecule has 1 fully saturated rings. The number of carbonyl (C=O) groups excluding carboxylic acids is 1. The number of hydrogen-bond donors (Lipinski definition) is 0. The van der Waals surface area contributed by atoms with E-state index < -0.39 is 0 Å². The highest BCUT2D eigenvalue weighted by Crippen LogP contribution is 2.07. The summed E-state index contributed by atoms with van der Waals surface area (Å²) in [6.45, 7) is 2.93. The predicted octanol–water partition coefficient (Wildman–Crippen LogP) is 1.40. The van der Waals surface area contributed by atoms with Crippen LogP contribution in [0.15, 0.2) is 0 Å². The lowest BCUT2D eigenvalue weighted by Gasteiger charge is -2.25. The molecule has 12 heavy (non-hydrogen) atoms. The van der Waals surface area contributed by atoms with E-state index in [4.69, 9.17) is 0 Å². The number of rotatable bonds is 4. The Morgan fingerprint density at radius 3 is 3.08 bits per heavy atom. The molecule has 0 aliphatic carbocycles. The van der Waals surface area contributed by atoms with Crippen LogP contribution in [0.5, 0.6) is 0 Å². The molecule has 0 unspecified atom stereocenters. The van der Waals surface area contributed by atoms with Crippen molar-refractivity contribution in [2.24, 2.45) is 0 Å². The monoisotopic (exact) mass is 187 g/mol. The summed E-state index contributed by atoms with van der Waals surface area (Å²) in [4.78, 5) is 13.3. The molecule has 0 aromatic rings. The van der Waals surface area contributed by atoms with E-state index in [1.165, 1.54) is 12.2 Å². The first-order valence-electron chi connectivity index (χ1n) is 4.56. The Balaban J connectivity index is 2.10. The van der Waals surface area contributed by atoms with Crippen LogP contribution < -0.4 is 0 Å².